The number of aliphatic hydroxyl groups excluding tert-OH is 1. The minimum Gasteiger partial charge on any atom is -0.387 e. The fraction of sp³-hybridized carbons (Fsp3) is 0.129. The molecule has 6 nitrogen and oxygen atoms in total. The number of benzene rings is 4. The van der Waals surface area contributed by atoms with E-state index in [0.29, 0.717) is 11.3 Å². The third-order valence-corrected chi connectivity index (χ3v) is 6.82. The number of aliphatic imine (C=N–C) groups is 1. The highest BCUT2D eigenvalue weighted by molar-refractivity contribution is 6.06. The quantitative estimate of drug-likeness (QED) is 0.354. The van der Waals surface area contributed by atoms with E-state index in [-0.39, 0.29) is 11.1 Å². The fourth-order valence-corrected chi connectivity index (χ4v) is 4.63. The Bertz CT molecular complexity index is 1590. The Morgan fingerprint density at radius 2 is 1.57 bits per heavy atom. The average molecular weight is 544 g/mol. The van der Waals surface area contributed by atoms with Gasteiger partial charge in [0.1, 0.15) is 5.82 Å². The van der Waals surface area contributed by atoms with Gasteiger partial charge in [-0.1, -0.05) is 60.7 Å². The Balaban J connectivity index is 1.44. The second-order valence-electron chi connectivity index (χ2n) is 9.37. The third kappa shape index (κ3) is 5.37. The standard InChI is InChI=1S/C31H24F3N3O3/c1-37-26-16-20(18-5-3-2-4-6-18)7-8-22(26)17-35-29(31(37)40)36-30(39)27(19-9-12-23(32)13-10-19)28(38)21-11-14-24(33)25(34)15-21/h2-17,27-29,38H,1H3,(H,36,39)/t27-,28+,29+/m0/s1. The highest BCUT2D eigenvalue weighted by atomic mass is 19.2. The molecule has 0 fully saturated rings. The molecule has 0 saturated heterocycles. The molecule has 0 aliphatic carbocycles. The summed E-state index contributed by atoms with van der Waals surface area (Å²) in [7, 11) is 1.57. The zero-order valence-corrected chi connectivity index (χ0v) is 21.3. The van der Waals surface area contributed by atoms with E-state index in [0.717, 1.165) is 41.5 Å². The van der Waals surface area contributed by atoms with Crippen molar-refractivity contribution in [1.82, 2.24) is 5.32 Å². The highest BCUT2D eigenvalue weighted by Crippen LogP contribution is 2.33. The van der Waals surface area contributed by atoms with Crippen molar-refractivity contribution in [3.63, 3.8) is 0 Å². The van der Waals surface area contributed by atoms with Gasteiger partial charge in [-0.25, -0.2) is 13.2 Å². The summed E-state index contributed by atoms with van der Waals surface area (Å²) >= 11 is 0. The Morgan fingerprint density at radius 1 is 0.875 bits per heavy atom. The van der Waals surface area contributed by atoms with Crippen LogP contribution in [-0.2, 0) is 9.59 Å². The molecule has 0 spiro atoms. The molecule has 1 aliphatic rings. The summed E-state index contributed by atoms with van der Waals surface area (Å²) in [5, 5.41) is 13.7. The minimum atomic E-state index is -1.64. The lowest BCUT2D eigenvalue weighted by molar-refractivity contribution is -0.130. The lowest BCUT2D eigenvalue weighted by Gasteiger charge is -2.26. The van der Waals surface area contributed by atoms with Crippen molar-refractivity contribution < 1.29 is 27.9 Å². The molecule has 4 aromatic rings. The maximum atomic E-state index is 13.9. The number of carbonyl (C=O) groups is 2. The number of nitrogens with one attached hydrogen (secondary N) is 1. The molecule has 4 aromatic carbocycles. The zero-order chi connectivity index (χ0) is 28.4. The molecule has 0 bridgehead atoms. The number of aliphatic hydroxyl groups is 1. The molecular weight excluding hydrogens is 519 g/mol. The van der Waals surface area contributed by atoms with Crippen molar-refractivity contribution in [2.75, 3.05) is 11.9 Å². The molecule has 0 unspecified atom stereocenters. The van der Waals surface area contributed by atoms with E-state index in [9.17, 15) is 27.9 Å². The highest BCUT2D eigenvalue weighted by Gasteiger charge is 2.35. The lowest BCUT2D eigenvalue weighted by Crippen LogP contribution is -2.48. The van der Waals surface area contributed by atoms with Gasteiger partial charge in [0.25, 0.3) is 5.91 Å². The number of anilines is 1. The Hall–Kier alpha value is -4.76. The van der Waals surface area contributed by atoms with E-state index in [1.807, 2.05) is 48.5 Å². The molecular formula is C31H24F3N3O3. The maximum absolute atomic E-state index is 13.9. The van der Waals surface area contributed by atoms with Crippen LogP contribution in [0.3, 0.4) is 0 Å². The summed E-state index contributed by atoms with van der Waals surface area (Å²) < 4.78 is 41.1. The first-order valence-corrected chi connectivity index (χ1v) is 12.4. The third-order valence-electron chi connectivity index (χ3n) is 6.82. The first kappa shape index (κ1) is 26.8. The molecule has 0 radical (unpaired) electrons. The van der Waals surface area contributed by atoms with Gasteiger partial charge < -0.3 is 15.3 Å². The summed E-state index contributed by atoms with van der Waals surface area (Å²) in [6.45, 7) is 0. The van der Waals surface area contributed by atoms with Crippen LogP contribution in [0.4, 0.5) is 18.9 Å². The van der Waals surface area contributed by atoms with Gasteiger partial charge in [-0.2, -0.15) is 0 Å². The molecule has 5 rings (SSSR count). The topological polar surface area (TPSA) is 82.0 Å². The molecule has 0 saturated carbocycles. The number of carbonyl (C=O) groups excluding carboxylic acids is 2. The summed E-state index contributed by atoms with van der Waals surface area (Å²) in [5.74, 6) is -5.63. The van der Waals surface area contributed by atoms with Gasteiger partial charge in [0, 0.05) is 18.8 Å². The Morgan fingerprint density at radius 3 is 2.27 bits per heavy atom. The molecule has 2 amide bonds. The van der Waals surface area contributed by atoms with Crippen LogP contribution in [0.25, 0.3) is 11.1 Å². The van der Waals surface area contributed by atoms with Crippen molar-refractivity contribution in [3.05, 3.63) is 125 Å². The molecule has 9 heteroatoms. The number of nitrogens with zero attached hydrogens (tertiary/aromatic N) is 2. The van der Waals surface area contributed by atoms with Gasteiger partial charge in [0.2, 0.25) is 12.1 Å². The van der Waals surface area contributed by atoms with Crippen molar-refractivity contribution >= 4 is 23.7 Å². The van der Waals surface area contributed by atoms with E-state index in [2.05, 4.69) is 10.3 Å². The van der Waals surface area contributed by atoms with E-state index in [1.54, 1.807) is 7.05 Å². The smallest absolute Gasteiger partial charge is 0.272 e. The predicted octanol–water partition coefficient (Wildman–Crippen LogP) is 5.13. The van der Waals surface area contributed by atoms with Crippen LogP contribution in [0.2, 0.25) is 0 Å². The first-order valence-electron chi connectivity index (χ1n) is 12.4. The van der Waals surface area contributed by atoms with Gasteiger partial charge in [-0.05, 0) is 52.6 Å². The maximum Gasteiger partial charge on any atom is 0.272 e. The second-order valence-corrected chi connectivity index (χ2v) is 9.37. The molecule has 1 aliphatic heterocycles. The molecule has 2 N–H and O–H groups in total. The summed E-state index contributed by atoms with van der Waals surface area (Å²) in [6, 6.07) is 22.8. The van der Waals surface area contributed by atoms with E-state index < -0.39 is 47.5 Å². The van der Waals surface area contributed by atoms with Crippen molar-refractivity contribution in [3.8, 4) is 11.1 Å². The van der Waals surface area contributed by atoms with Crippen molar-refractivity contribution in [2.45, 2.75) is 18.2 Å². The van der Waals surface area contributed by atoms with Crippen LogP contribution in [0.1, 0.15) is 28.7 Å². The van der Waals surface area contributed by atoms with Crippen molar-refractivity contribution in [2.24, 2.45) is 4.99 Å². The van der Waals surface area contributed by atoms with Gasteiger partial charge >= 0.3 is 0 Å². The lowest BCUT2D eigenvalue weighted by atomic mass is 9.88. The summed E-state index contributed by atoms with van der Waals surface area (Å²) in [4.78, 5) is 32.6. The zero-order valence-electron chi connectivity index (χ0n) is 21.3. The minimum absolute atomic E-state index is 0.0722. The van der Waals surface area contributed by atoms with Crippen LogP contribution >= 0.6 is 0 Å². The second kappa shape index (κ2) is 11.2. The van der Waals surface area contributed by atoms with Crippen LogP contribution in [0.5, 0.6) is 0 Å². The van der Waals surface area contributed by atoms with Crippen LogP contribution in [0, 0.1) is 17.5 Å². The Labute approximate surface area is 228 Å². The number of rotatable bonds is 6. The van der Waals surface area contributed by atoms with E-state index >= 15 is 0 Å². The summed E-state index contributed by atoms with van der Waals surface area (Å²) in [6.07, 6.45) is -1.51. The van der Waals surface area contributed by atoms with Crippen molar-refractivity contribution in [1.29, 1.82) is 0 Å². The van der Waals surface area contributed by atoms with Crippen LogP contribution < -0.4 is 10.2 Å². The monoisotopic (exact) mass is 543 g/mol. The van der Waals surface area contributed by atoms with Gasteiger partial charge in [-0.3, -0.25) is 14.6 Å². The molecule has 0 aromatic heterocycles. The number of halogens is 3. The number of benzodiazepines with no additional fused rings is 1. The SMILES string of the molecule is CN1C(=O)[C@@H](NC(=O)[C@@H](c2ccc(F)cc2)[C@H](O)c2ccc(F)c(F)c2)N=Cc2ccc(-c3ccccc3)cc21. The molecule has 40 heavy (non-hydrogen) atoms. The van der Waals surface area contributed by atoms with E-state index in [1.165, 1.54) is 23.2 Å². The van der Waals surface area contributed by atoms with Crippen LogP contribution in [0.15, 0.2) is 96.0 Å². The fourth-order valence-electron chi connectivity index (χ4n) is 4.63. The Kier molecular flexibility index (Phi) is 7.48. The van der Waals surface area contributed by atoms with Gasteiger partial charge in [0.05, 0.1) is 17.7 Å². The largest absolute Gasteiger partial charge is 0.387 e. The number of hydrogen-bond donors (Lipinski definition) is 2. The van der Waals surface area contributed by atoms with Gasteiger partial charge in [0.15, 0.2) is 11.6 Å². The van der Waals surface area contributed by atoms with E-state index in [4.69, 9.17) is 0 Å². The number of fused-ring (bicyclic) bond motifs is 1. The summed E-state index contributed by atoms with van der Waals surface area (Å²) in [5.41, 5.74) is 3.22. The normalized spacial score (nSPS) is 16.2. The first-order chi connectivity index (χ1) is 19.2. The number of likely N-dealkylation sites (N-methyl/N-ethyl adjacent to an activating group) is 1. The van der Waals surface area contributed by atoms with Gasteiger partial charge in [-0.15, -0.1) is 0 Å². The average Bonchev–Trinajstić information content (AvgIpc) is 3.08. The number of hydrogen-bond acceptors (Lipinski definition) is 4. The predicted molar refractivity (Wildman–Crippen MR) is 145 cm³/mol. The molecule has 3 atom stereocenters. The molecule has 1 heterocycles. The molecule has 202 valence electrons. The number of amides is 2. The van der Waals surface area contributed by atoms with Crippen LogP contribution in [-0.4, -0.2) is 36.3 Å².